The number of furan rings is 1. The number of thioether (sulfide) groups is 1. The van der Waals surface area contributed by atoms with E-state index in [9.17, 15) is 4.79 Å². The molecule has 0 amide bonds. The van der Waals surface area contributed by atoms with E-state index in [2.05, 4.69) is 10.2 Å². The van der Waals surface area contributed by atoms with Crippen molar-refractivity contribution in [2.75, 3.05) is 5.75 Å². The van der Waals surface area contributed by atoms with Crippen molar-refractivity contribution in [2.45, 2.75) is 12.1 Å². The summed E-state index contributed by atoms with van der Waals surface area (Å²) in [6.45, 7) is 2.00. The first kappa shape index (κ1) is 15.7. The Labute approximate surface area is 148 Å². The number of benzene rings is 2. The molecular formula is C19H14N2O3S. The highest BCUT2D eigenvalue weighted by Gasteiger charge is 2.15. The molecule has 0 bridgehead atoms. The van der Waals surface area contributed by atoms with Gasteiger partial charge in [-0.15, -0.1) is 10.2 Å². The van der Waals surface area contributed by atoms with Crippen molar-refractivity contribution in [3.05, 3.63) is 65.9 Å². The molecule has 0 radical (unpaired) electrons. The number of ketones is 1. The third-order valence-electron chi connectivity index (χ3n) is 3.70. The van der Waals surface area contributed by atoms with Crippen LogP contribution in [0.3, 0.4) is 0 Å². The molecule has 25 heavy (non-hydrogen) atoms. The molecule has 0 spiro atoms. The van der Waals surface area contributed by atoms with Gasteiger partial charge in [0.15, 0.2) is 5.76 Å². The van der Waals surface area contributed by atoms with Gasteiger partial charge in [0, 0.05) is 10.9 Å². The highest BCUT2D eigenvalue weighted by atomic mass is 32.2. The van der Waals surface area contributed by atoms with Gasteiger partial charge < -0.3 is 8.83 Å². The van der Waals surface area contributed by atoms with E-state index < -0.39 is 0 Å². The molecule has 2 aromatic heterocycles. The second-order valence-corrected chi connectivity index (χ2v) is 6.53. The van der Waals surface area contributed by atoms with Crippen LogP contribution >= 0.6 is 11.8 Å². The zero-order chi connectivity index (χ0) is 17.2. The fourth-order valence-electron chi connectivity index (χ4n) is 2.48. The molecule has 0 aliphatic rings. The van der Waals surface area contributed by atoms with Gasteiger partial charge in [0.2, 0.25) is 11.7 Å². The molecule has 4 aromatic rings. The largest absolute Gasteiger partial charge is 0.453 e. The Hall–Kier alpha value is -2.86. The number of nitrogens with zero attached hydrogens (tertiary/aromatic N) is 2. The molecule has 2 aromatic carbocycles. The molecule has 124 valence electrons. The van der Waals surface area contributed by atoms with Crippen LogP contribution in [-0.4, -0.2) is 21.7 Å². The van der Waals surface area contributed by atoms with Crippen molar-refractivity contribution < 1.29 is 13.6 Å². The van der Waals surface area contributed by atoms with Gasteiger partial charge in [-0.2, -0.15) is 0 Å². The Morgan fingerprint density at radius 2 is 1.92 bits per heavy atom. The summed E-state index contributed by atoms with van der Waals surface area (Å²) >= 11 is 1.20. The minimum atomic E-state index is -0.114. The van der Waals surface area contributed by atoms with Gasteiger partial charge in [0.05, 0.1) is 5.75 Å². The summed E-state index contributed by atoms with van der Waals surface area (Å²) in [6, 6.07) is 17.1. The molecule has 0 N–H and O–H groups in total. The average Bonchev–Trinajstić information content (AvgIpc) is 3.26. The third kappa shape index (κ3) is 3.34. The van der Waals surface area contributed by atoms with Crippen molar-refractivity contribution in [3.8, 4) is 11.5 Å². The monoisotopic (exact) mass is 350 g/mol. The number of carbonyl (C=O) groups is 1. The minimum Gasteiger partial charge on any atom is -0.453 e. The Morgan fingerprint density at radius 3 is 2.76 bits per heavy atom. The van der Waals surface area contributed by atoms with E-state index in [1.54, 1.807) is 6.07 Å². The number of rotatable bonds is 5. The van der Waals surface area contributed by atoms with Crippen molar-refractivity contribution in [1.29, 1.82) is 0 Å². The molecule has 0 aliphatic heterocycles. The van der Waals surface area contributed by atoms with Gasteiger partial charge in [-0.05, 0) is 31.2 Å². The zero-order valence-electron chi connectivity index (χ0n) is 13.4. The molecule has 0 unspecified atom stereocenters. The first-order valence-corrected chi connectivity index (χ1v) is 8.73. The van der Waals surface area contributed by atoms with Crippen LogP contribution in [0, 0.1) is 6.92 Å². The Kier molecular flexibility index (Phi) is 4.11. The third-order valence-corrected chi connectivity index (χ3v) is 4.52. The topological polar surface area (TPSA) is 69.1 Å². The van der Waals surface area contributed by atoms with Crippen molar-refractivity contribution in [2.24, 2.45) is 0 Å². The Balaban J connectivity index is 1.45. The number of fused-ring (bicyclic) bond motifs is 1. The lowest BCUT2D eigenvalue weighted by Crippen LogP contribution is -2.00. The quantitative estimate of drug-likeness (QED) is 0.381. The molecule has 6 heteroatoms. The highest BCUT2D eigenvalue weighted by molar-refractivity contribution is 7.99. The Bertz CT molecular complexity index is 1020. The van der Waals surface area contributed by atoms with Crippen molar-refractivity contribution >= 4 is 28.5 Å². The number of hydrogen-bond acceptors (Lipinski definition) is 6. The van der Waals surface area contributed by atoms with Gasteiger partial charge >= 0.3 is 0 Å². The van der Waals surface area contributed by atoms with Crippen LogP contribution in [0.5, 0.6) is 0 Å². The summed E-state index contributed by atoms with van der Waals surface area (Å²) in [4.78, 5) is 12.3. The maximum atomic E-state index is 12.3. The zero-order valence-corrected chi connectivity index (χ0v) is 14.2. The van der Waals surface area contributed by atoms with E-state index >= 15 is 0 Å². The maximum Gasteiger partial charge on any atom is 0.277 e. The molecule has 0 fully saturated rings. The van der Waals surface area contributed by atoms with Gasteiger partial charge in [0.25, 0.3) is 5.22 Å². The van der Waals surface area contributed by atoms with Gasteiger partial charge in [-0.3, -0.25) is 4.79 Å². The van der Waals surface area contributed by atoms with E-state index in [0.717, 1.165) is 16.5 Å². The summed E-state index contributed by atoms with van der Waals surface area (Å²) in [6.07, 6.45) is 0. The lowest BCUT2D eigenvalue weighted by molar-refractivity contribution is 0.0994. The van der Waals surface area contributed by atoms with Crippen molar-refractivity contribution in [1.82, 2.24) is 10.2 Å². The SMILES string of the molecule is Cc1cccc(-c2nnc(SCC(=O)c3cc4ccccc4o3)o2)c1. The summed E-state index contributed by atoms with van der Waals surface area (Å²) in [5.74, 6) is 0.848. The molecule has 5 nitrogen and oxygen atoms in total. The molecule has 0 saturated carbocycles. The minimum absolute atomic E-state index is 0.114. The number of hydrogen-bond donors (Lipinski definition) is 0. The summed E-state index contributed by atoms with van der Waals surface area (Å²) in [5, 5.41) is 9.31. The Morgan fingerprint density at radius 1 is 1.04 bits per heavy atom. The van der Waals surface area contributed by atoms with Crippen LogP contribution in [0.25, 0.3) is 22.4 Å². The van der Waals surface area contributed by atoms with Gasteiger partial charge in [-0.25, -0.2) is 0 Å². The summed E-state index contributed by atoms with van der Waals surface area (Å²) < 4.78 is 11.2. The molecule has 0 saturated heterocycles. The molecule has 0 aliphatic carbocycles. The molecule has 2 heterocycles. The van der Waals surface area contributed by atoms with Crippen LogP contribution in [-0.2, 0) is 0 Å². The average molecular weight is 350 g/mol. The number of Topliss-reactive ketones (excluding diaryl/α,β-unsaturated/α-hetero) is 1. The highest BCUT2D eigenvalue weighted by Crippen LogP contribution is 2.25. The first-order valence-electron chi connectivity index (χ1n) is 7.74. The lowest BCUT2D eigenvalue weighted by atomic mass is 10.1. The van der Waals surface area contributed by atoms with E-state index in [0.29, 0.717) is 22.5 Å². The van der Waals surface area contributed by atoms with Crippen LogP contribution in [0.2, 0.25) is 0 Å². The van der Waals surface area contributed by atoms with Gasteiger partial charge in [0.1, 0.15) is 5.58 Å². The van der Waals surface area contributed by atoms with Crippen LogP contribution in [0.1, 0.15) is 16.1 Å². The van der Waals surface area contributed by atoms with E-state index in [4.69, 9.17) is 8.83 Å². The summed E-state index contributed by atoms with van der Waals surface area (Å²) in [5.41, 5.74) is 2.68. The molecule has 4 rings (SSSR count). The second kappa shape index (κ2) is 6.57. The predicted octanol–water partition coefficient (Wildman–Crippen LogP) is 4.77. The van der Waals surface area contributed by atoms with Crippen molar-refractivity contribution in [3.63, 3.8) is 0 Å². The molecule has 0 atom stereocenters. The lowest BCUT2D eigenvalue weighted by Gasteiger charge is -1.96. The number of aromatic nitrogens is 2. The van der Waals surface area contributed by atoms with Gasteiger partial charge in [-0.1, -0.05) is 47.7 Å². The van der Waals surface area contributed by atoms with E-state index in [1.807, 2.05) is 55.5 Å². The van der Waals surface area contributed by atoms with Crippen LogP contribution in [0.15, 0.2) is 68.7 Å². The van der Waals surface area contributed by atoms with E-state index in [-0.39, 0.29) is 11.5 Å². The maximum absolute atomic E-state index is 12.3. The number of aryl methyl sites for hydroxylation is 1. The van der Waals surface area contributed by atoms with Crippen LogP contribution < -0.4 is 0 Å². The smallest absolute Gasteiger partial charge is 0.277 e. The fourth-order valence-corrected chi connectivity index (χ4v) is 3.11. The predicted molar refractivity (Wildman–Crippen MR) is 95.7 cm³/mol. The molecular weight excluding hydrogens is 336 g/mol. The normalized spacial score (nSPS) is 11.1. The fraction of sp³-hybridized carbons (Fsp3) is 0.105. The van der Waals surface area contributed by atoms with Crippen LogP contribution in [0.4, 0.5) is 0 Å². The standard InChI is InChI=1S/C19H14N2O3S/c1-12-5-4-7-14(9-12)18-20-21-19(24-18)25-11-15(22)17-10-13-6-2-3-8-16(13)23-17/h2-10H,11H2,1H3. The number of carbonyl (C=O) groups excluding carboxylic acids is 1. The van der Waals surface area contributed by atoms with E-state index in [1.165, 1.54) is 11.8 Å². The second-order valence-electron chi connectivity index (χ2n) is 5.60. The number of para-hydroxylation sites is 1. The summed E-state index contributed by atoms with van der Waals surface area (Å²) in [7, 11) is 0. The first-order chi connectivity index (χ1) is 12.2.